The van der Waals surface area contributed by atoms with Gasteiger partial charge in [-0.25, -0.2) is 4.79 Å². The molecular weight excluding hydrogens is 295 g/mol. The minimum absolute atomic E-state index is 0.133. The molecule has 0 saturated heterocycles. The molecule has 0 amide bonds. The molecule has 3 nitrogen and oxygen atoms in total. The molecule has 1 heterocycles. The lowest BCUT2D eigenvalue weighted by atomic mass is 10.2. The van der Waals surface area contributed by atoms with E-state index in [0.29, 0.717) is 21.4 Å². The molecule has 0 aliphatic rings. The second-order valence-electron chi connectivity index (χ2n) is 3.44. The van der Waals surface area contributed by atoms with E-state index in [4.69, 9.17) is 32.7 Å². The van der Waals surface area contributed by atoms with Crippen LogP contribution in [0.25, 0.3) is 11.3 Å². The molecule has 0 unspecified atom stereocenters. The van der Waals surface area contributed by atoms with Gasteiger partial charge < -0.3 is 9.52 Å². The first-order valence-electron chi connectivity index (χ1n) is 4.89. The average Bonchev–Trinajstić information content (AvgIpc) is 2.81. The molecule has 2 rings (SSSR count). The van der Waals surface area contributed by atoms with E-state index < -0.39 is 5.97 Å². The summed E-state index contributed by atoms with van der Waals surface area (Å²) in [5, 5.41) is 9.81. The zero-order valence-corrected chi connectivity index (χ0v) is 11.6. The number of carboxylic acids is 1. The molecule has 0 saturated carbocycles. The van der Waals surface area contributed by atoms with E-state index in [9.17, 15) is 4.79 Å². The fourth-order valence-corrected chi connectivity index (χ4v) is 2.68. The van der Waals surface area contributed by atoms with E-state index in [1.54, 1.807) is 18.2 Å². The highest BCUT2D eigenvalue weighted by atomic mass is 35.5. The summed E-state index contributed by atoms with van der Waals surface area (Å²) in [5.74, 6) is -0.873. The van der Waals surface area contributed by atoms with Crippen molar-refractivity contribution in [1.29, 1.82) is 0 Å². The van der Waals surface area contributed by atoms with Crippen molar-refractivity contribution >= 4 is 40.9 Å². The normalized spacial score (nSPS) is 10.6. The summed E-state index contributed by atoms with van der Waals surface area (Å²) in [6.45, 7) is 0. The molecule has 0 aliphatic carbocycles. The third-order valence-corrected chi connectivity index (χ3v) is 3.84. The maximum absolute atomic E-state index is 10.7. The van der Waals surface area contributed by atoms with Gasteiger partial charge >= 0.3 is 5.97 Å². The largest absolute Gasteiger partial charge is 0.475 e. The van der Waals surface area contributed by atoms with Gasteiger partial charge in [0.2, 0.25) is 5.76 Å². The number of aromatic carboxylic acids is 1. The fraction of sp³-hybridized carbons (Fsp3) is 0.0833. The van der Waals surface area contributed by atoms with Crippen LogP contribution >= 0.6 is 35.0 Å². The molecule has 18 heavy (non-hydrogen) atoms. The van der Waals surface area contributed by atoms with Gasteiger partial charge in [0.25, 0.3) is 0 Å². The van der Waals surface area contributed by atoms with Crippen LogP contribution in [0.1, 0.15) is 10.6 Å². The Morgan fingerprint density at radius 2 is 2.00 bits per heavy atom. The number of furan rings is 1. The van der Waals surface area contributed by atoms with Crippen molar-refractivity contribution in [2.24, 2.45) is 0 Å². The standard InChI is InChI=1S/C12H8Cl2O3S/c1-18-11-5-7(13)6(4-8(11)14)9-2-3-10(17-9)12(15)16/h2-5H,1H3,(H,15,16). The van der Waals surface area contributed by atoms with Gasteiger partial charge in [0, 0.05) is 10.5 Å². The Labute approximate surface area is 118 Å². The zero-order chi connectivity index (χ0) is 13.3. The van der Waals surface area contributed by atoms with Crippen molar-refractivity contribution in [3.8, 4) is 11.3 Å². The van der Waals surface area contributed by atoms with Crippen LogP contribution in [0.3, 0.4) is 0 Å². The molecule has 2 aromatic rings. The highest BCUT2D eigenvalue weighted by Crippen LogP contribution is 2.37. The van der Waals surface area contributed by atoms with Crippen LogP contribution in [-0.4, -0.2) is 17.3 Å². The maximum atomic E-state index is 10.7. The quantitative estimate of drug-likeness (QED) is 0.837. The number of carboxylic acid groups (broad SMARTS) is 1. The number of benzene rings is 1. The number of hydrogen-bond acceptors (Lipinski definition) is 3. The third-order valence-electron chi connectivity index (χ3n) is 2.32. The smallest absolute Gasteiger partial charge is 0.371 e. The van der Waals surface area contributed by atoms with Crippen LogP contribution in [0.4, 0.5) is 0 Å². The van der Waals surface area contributed by atoms with E-state index in [1.807, 2.05) is 6.26 Å². The third kappa shape index (κ3) is 2.51. The number of hydrogen-bond donors (Lipinski definition) is 1. The first-order valence-corrected chi connectivity index (χ1v) is 6.87. The average molecular weight is 303 g/mol. The van der Waals surface area contributed by atoms with Gasteiger partial charge in [0.1, 0.15) is 5.76 Å². The topological polar surface area (TPSA) is 50.4 Å². The predicted molar refractivity (Wildman–Crippen MR) is 72.9 cm³/mol. The predicted octanol–water partition coefficient (Wildman–Crippen LogP) is 4.67. The number of rotatable bonds is 3. The number of thioether (sulfide) groups is 1. The summed E-state index contributed by atoms with van der Waals surface area (Å²) >= 11 is 13.7. The van der Waals surface area contributed by atoms with Crippen molar-refractivity contribution in [2.45, 2.75) is 4.90 Å². The Bertz CT molecular complexity index is 607. The molecule has 0 spiro atoms. The number of carbonyl (C=O) groups is 1. The summed E-state index contributed by atoms with van der Waals surface area (Å²) < 4.78 is 5.19. The van der Waals surface area contributed by atoms with Crippen molar-refractivity contribution in [3.05, 3.63) is 40.1 Å². The first-order chi connectivity index (χ1) is 8.52. The fourth-order valence-electron chi connectivity index (χ4n) is 1.47. The Kier molecular flexibility index (Phi) is 3.90. The van der Waals surface area contributed by atoms with Crippen LogP contribution in [0.2, 0.25) is 10.0 Å². The van der Waals surface area contributed by atoms with E-state index in [2.05, 4.69) is 0 Å². The molecule has 0 atom stereocenters. The molecule has 1 aromatic heterocycles. The molecule has 0 fully saturated rings. The van der Waals surface area contributed by atoms with Gasteiger partial charge in [-0.15, -0.1) is 11.8 Å². The zero-order valence-electron chi connectivity index (χ0n) is 9.24. The molecule has 0 aliphatic heterocycles. The molecular formula is C12H8Cl2O3S. The van der Waals surface area contributed by atoms with Crippen molar-refractivity contribution in [2.75, 3.05) is 6.26 Å². The second kappa shape index (κ2) is 5.26. The highest BCUT2D eigenvalue weighted by molar-refractivity contribution is 7.98. The Morgan fingerprint density at radius 1 is 1.28 bits per heavy atom. The van der Waals surface area contributed by atoms with Crippen LogP contribution in [0.5, 0.6) is 0 Å². The molecule has 0 radical (unpaired) electrons. The minimum atomic E-state index is -1.12. The summed E-state index contributed by atoms with van der Waals surface area (Å²) in [6.07, 6.45) is 1.90. The maximum Gasteiger partial charge on any atom is 0.371 e. The Morgan fingerprint density at radius 3 is 2.56 bits per heavy atom. The van der Waals surface area contributed by atoms with Crippen LogP contribution < -0.4 is 0 Å². The van der Waals surface area contributed by atoms with Crippen molar-refractivity contribution in [3.63, 3.8) is 0 Å². The lowest BCUT2D eigenvalue weighted by molar-refractivity contribution is 0.0663. The van der Waals surface area contributed by atoms with Crippen LogP contribution in [-0.2, 0) is 0 Å². The second-order valence-corrected chi connectivity index (χ2v) is 5.10. The van der Waals surface area contributed by atoms with Gasteiger partial charge in [-0.05, 0) is 30.5 Å². The van der Waals surface area contributed by atoms with Crippen molar-refractivity contribution in [1.82, 2.24) is 0 Å². The summed E-state index contributed by atoms with van der Waals surface area (Å²) in [7, 11) is 0. The monoisotopic (exact) mass is 302 g/mol. The van der Waals surface area contributed by atoms with E-state index in [0.717, 1.165) is 4.90 Å². The highest BCUT2D eigenvalue weighted by Gasteiger charge is 2.14. The van der Waals surface area contributed by atoms with Gasteiger partial charge in [0.05, 0.1) is 10.0 Å². The van der Waals surface area contributed by atoms with Crippen LogP contribution in [0, 0.1) is 0 Å². The van der Waals surface area contributed by atoms with Crippen molar-refractivity contribution < 1.29 is 14.3 Å². The lowest BCUT2D eigenvalue weighted by Gasteiger charge is -2.06. The van der Waals surface area contributed by atoms with Gasteiger partial charge in [0.15, 0.2) is 0 Å². The lowest BCUT2D eigenvalue weighted by Crippen LogP contribution is -1.91. The summed E-state index contributed by atoms with van der Waals surface area (Å²) in [6, 6.07) is 6.33. The van der Waals surface area contributed by atoms with E-state index in [1.165, 1.54) is 17.8 Å². The number of halogens is 2. The van der Waals surface area contributed by atoms with Gasteiger partial charge in [-0.3, -0.25) is 0 Å². The van der Waals surface area contributed by atoms with Gasteiger partial charge in [-0.2, -0.15) is 0 Å². The SMILES string of the molecule is CSc1cc(Cl)c(-c2ccc(C(=O)O)o2)cc1Cl. The molecule has 1 aromatic carbocycles. The molecule has 0 bridgehead atoms. The Balaban J connectivity index is 2.50. The van der Waals surface area contributed by atoms with Crippen LogP contribution in [0.15, 0.2) is 33.6 Å². The summed E-state index contributed by atoms with van der Waals surface area (Å²) in [4.78, 5) is 11.6. The molecule has 6 heteroatoms. The summed E-state index contributed by atoms with van der Waals surface area (Å²) in [5.41, 5.74) is 0.576. The first kappa shape index (κ1) is 13.3. The van der Waals surface area contributed by atoms with Gasteiger partial charge in [-0.1, -0.05) is 23.2 Å². The molecule has 1 N–H and O–H groups in total. The Hall–Kier alpha value is -1.10. The minimum Gasteiger partial charge on any atom is -0.475 e. The molecule has 94 valence electrons. The van der Waals surface area contributed by atoms with E-state index >= 15 is 0 Å². The van der Waals surface area contributed by atoms with E-state index in [-0.39, 0.29) is 5.76 Å².